The van der Waals surface area contributed by atoms with Gasteiger partial charge in [-0.3, -0.25) is 10.1 Å². The van der Waals surface area contributed by atoms with Gasteiger partial charge in [-0.15, -0.1) is 0 Å². The predicted octanol–water partition coefficient (Wildman–Crippen LogP) is 4.91. The van der Waals surface area contributed by atoms with Gasteiger partial charge < -0.3 is 5.32 Å². The van der Waals surface area contributed by atoms with Gasteiger partial charge in [0, 0.05) is 29.4 Å². The average molecular weight is 286 g/mol. The van der Waals surface area contributed by atoms with Gasteiger partial charge in [0.05, 0.1) is 4.92 Å². The first kappa shape index (κ1) is 16.3. The molecular weight excluding hydrogens is 266 g/mol. The number of nitrogens with zero attached hydrogens (tertiary/aromatic N) is 1. The molecule has 0 radical (unpaired) electrons. The van der Waals surface area contributed by atoms with E-state index >= 15 is 0 Å². The second-order valence-corrected chi connectivity index (χ2v) is 4.87. The zero-order valence-electron chi connectivity index (χ0n) is 11.7. The molecule has 1 rings (SSSR count). The first-order valence-electron chi connectivity index (χ1n) is 6.78. The number of alkyl halides is 2. The van der Waals surface area contributed by atoms with Crippen LogP contribution in [0.4, 0.5) is 20.2 Å². The number of nitro groups is 1. The van der Waals surface area contributed by atoms with Gasteiger partial charge in [-0.05, 0) is 19.4 Å². The molecule has 0 heterocycles. The van der Waals surface area contributed by atoms with Crippen molar-refractivity contribution < 1.29 is 13.7 Å². The maximum atomic E-state index is 13.0. The monoisotopic (exact) mass is 286 g/mol. The zero-order chi connectivity index (χ0) is 15.1. The first-order valence-corrected chi connectivity index (χ1v) is 6.78. The Morgan fingerprint density at radius 3 is 2.60 bits per heavy atom. The largest absolute Gasteiger partial charge is 0.382 e. The molecule has 0 fully saturated rings. The highest BCUT2D eigenvalue weighted by Gasteiger charge is 2.18. The first-order chi connectivity index (χ1) is 9.45. The Balaban J connectivity index is 2.80. The number of anilines is 1. The molecule has 0 amide bonds. The Morgan fingerprint density at radius 1 is 1.35 bits per heavy atom. The van der Waals surface area contributed by atoms with E-state index in [4.69, 9.17) is 0 Å². The summed E-state index contributed by atoms with van der Waals surface area (Å²) in [5.41, 5.74) is -0.361. The van der Waals surface area contributed by atoms with Gasteiger partial charge in [-0.1, -0.05) is 26.2 Å². The minimum absolute atomic E-state index is 0.0560. The summed E-state index contributed by atoms with van der Waals surface area (Å²) in [4.78, 5) is 9.96. The van der Waals surface area contributed by atoms with E-state index in [1.165, 1.54) is 12.1 Å². The van der Waals surface area contributed by atoms with E-state index in [9.17, 15) is 18.9 Å². The molecule has 0 saturated heterocycles. The molecular formula is C14H20F2N2O2. The van der Waals surface area contributed by atoms with Crippen LogP contribution in [-0.2, 0) is 0 Å². The van der Waals surface area contributed by atoms with Crippen molar-refractivity contribution in [2.75, 3.05) is 5.32 Å². The van der Waals surface area contributed by atoms with Crippen LogP contribution >= 0.6 is 0 Å². The SMILES string of the molecule is CCCCCC(C)Nc1ccc([N+](=O)[O-])cc1C(F)F. The maximum Gasteiger partial charge on any atom is 0.270 e. The Kier molecular flexibility index (Phi) is 6.35. The lowest BCUT2D eigenvalue weighted by atomic mass is 10.1. The molecule has 1 unspecified atom stereocenters. The van der Waals surface area contributed by atoms with Crippen LogP contribution in [0.1, 0.15) is 51.5 Å². The number of hydrogen-bond acceptors (Lipinski definition) is 3. The van der Waals surface area contributed by atoms with Crippen molar-refractivity contribution in [3.63, 3.8) is 0 Å². The van der Waals surface area contributed by atoms with Crippen molar-refractivity contribution in [2.45, 2.75) is 52.0 Å². The molecule has 0 aromatic heterocycles. The van der Waals surface area contributed by atoms with Crippen molar-refractivity contribution in [3.05, 3.63) is 33.9 Å². The summed E-state index contributed by atoms with van der Waals surface area (Å²) >= 11 is 0. The molecule has 0 aliphatic heterocycles. The number of rotatable bonds is 8. The summed E-state index contributed by atoms with van der Waals surface area (Å²) in [6, 6.07) is 3.59. The Morgan fingerprint density at radius 2 is 2.05 bits per heavy atom. The van der Waals surface area contributed by atoms with E-state index in [0.29, 0.717) is 0 Å². The number of nitro benzene ring substituents is 1. The van der Waals surface area contributed by atoms with Crippen molar-refractivity contribution in [1.29, 1.82) is 0 Å². The molecule has 0 spiro atoms. The Hall–Kier alpha value is -1.72. The van der Waals surface area contributed by atoms with Crippen LogP contribution in [-0.4, -0.2) is 11.0 Å². The van der Waals surface area contributed by atoms with Crippen LogP contribution in [0.3, 0.4) is 0 Å². The Bertz CT molecular complexity index is 453. The topological polar surface area (TPSA) is 55.2 Å². The third-order valence-electron chi connectivity index (χ3n) is 3.12. The lowest BCUT2D eigenvalue weighted by Gasteiger charge is -2.17. The van der Waals surface area contributed by atoms with Gasteiger partial charge in [-0.2, -0.15) is 0 Å². The average Bonchev–Trinajstić information content (AvgIpc) is 2.38. The van der Waals surface area contributed by atoms with Crippen LogP contribution in [0.5, 0.6) is 0 Å². The van der Waals surface area contributed by atoms with E-state index in [1.807, 2.05) is 6.92 Å². The number of non-ortho nitro benzene ring substituents is 1. The fourth-order valence-electron chi connectivity index (χ4n) is 2.01. The Labute approximate surface area is 117 Å². The number of benzene rings is 1. The van der Waals surface area contributed by atoms with Crippen LogP contribution in [0, 0.1) is 10.1 Å². The second-order valence-electron chi connectivity index (χ2n) is 4.87. The van der Waals surface area contributed by atoms with Crippen LogP contribution in [0.15, 0.2) is 18.2 Å². The highest BCUT2D eigenvalue weighted by atomic mass is 19.3. The molecule has 1 N–H and O–H groups in total. The van der Waals surface area contributed by atoms with Crippen LogP contribution in [0.2, 0.25) is 0 Å². The van der Waals surface area contributed by atoms with Crippen molar-refractivity contribution in [1.82, 2.24) is 0 Å². The summed E-state index contributed by atoms with van der Waals surface area (Å²) in [5, 5.41) is 13.6. The standard InChI is InChI=1S/C14H20F2N2O2/c1-3-4-5-6-10(2)17-13-8-7-11(18(19)20)9-12(13)14(15)16/h7-10,14,17H,3-6H2,1-2H3. The normalized spacial score (nSPS) is 12.4. The maximum absolute atomic E-state index is 13.0. The molecule has 1 aromatic carbocycles. The lowest BCUT2D eigenvalue weighted by Crippen LogP contribution is -2.16. The highest BCUT2D eigenvalue weighted by Crippen LogP contribution is 2.31. The minimum Gasteiger partial charge on any atom is -0.382 e. The number of unbranched alkanes of at least 4 members (excludes halogenated alkanes) is 2. The lowest BCUT2D eigenvalue weighted by molar-refractivity contribution is -0.385. The second kappa shape index (κ2) is 7.77. The van der Waals surface area contributed by atoms with Crippen LogP contribution in [0.25, 0.3) is 0 Å². The van der Waals surface area contributed by atoms with Gasteiger partial charge in [0.1, 0.15) is 0 Å². The summed E-state index contributed by atoms with van der Waals surface area (Å²) in [6.07, 6.45) is 1.38. The molecule has 0 aliphatic rings. The summed E-state index contributed by atoms with van der Waals surface area (Å²) in [5.74, 6) is 0. The van der Waals surface area contributed by atoms with Crippen molar-refractivity contribution >= 4 is 11.4 Å². The fourth-order valence-corrected chi connectivity index (χ4v) is 2.01. The summed E-state index contributed by atoms with van der Waals surface area (Å²) < 4.78 is 25.9. The van der Waals surface area contributed by atoms with Crippen molar-refractivity contribution in [3.8, 4) is 0 Å². The van der Waals surface area contributed by atoms with E-state index in [-0.39, 0.29) is 23.0 Å². The zero-order valence-corrected chi connectivity index (χ0v) is 11.7. The molecule has 20 heavy (non-hydrogen) atoms. The smallest absolute Gasteiger partial charge is 0.270 e. The molecule has 112 valence electrons. The number of halogens is 2. The third kappa shape index (κ3) is 4.75. The quantitative estimate of drug-likeness (QED) is 0.419. The van der Waals surface area contributed by atoms with Crippen molar-refractivity contribution in [2.24, 2.45) is 0 Å². The van der Waals surface area contributed by atoms with Gasteiger partial charge in [0.2, 0.25) is 0 Å². The molecule has 0 saturated carbocycles. The summed E-state index contributed by atoms with van der Waals surface area (Å²) in [6.45, 7) is 4.02. The van der Waals surface area contributed by atoms with Gasteiger partial charge >= 0.3 is 0 Å². The molecule has 4 nitrogen and oxygen atoms in total. The van der Waals surface area contributed by atoms with Crippen LogP contribution < -0.4 is 5.32 Å². The molecule has 0 bridgehead atoms. The number of nitrogens with one attached hydrogen (secondary N) is 1. The van der Waals surface area contributed by atoms with E-state index in [0.717, 1.165) is 31.7 Å². The molecule has 1 aromatic rings. The number of hydrogen-bond donors (Lipinski definition) is 1. The summed E-state index contributed by atoms with van der Waals surface area (Å²) in [7, 11) is 0. The third-order valence-corrected chi connectivity index (χ3v) is 3.12. The van der Waals surface area contributed by atoms with Gasteiger partial charge in [0.15, 0.2) is 0 Å². The minimum atomic E-state index is -2.74. The van der Waals surface area contributed by atoms with E-state index in [2.05, 4.69) is 12.2 Å². The fraction of sp³-hybridized carbons (Fsp3) is 0.571. The van der Waals surface area contributed by atoms with Gasteiger partial charge in [-0.25, -0.2) is 8.78 Å². The van der Waals surface area contributed by atoms with E-state index in [1.54, 1.807) is 0 Å². The predicted molar refractivity (Wildman–Crippen MR) is 75.3 cm³/mol. The highest BCUT2D eigenvalue weighted by molar-refractivity contribution is 5.57. The molecule has 1 atom stereocenters. The molecule has 0 aliphatic carbocycles. The van der Waals surface area contributed by atoms with E-state index < -0.39 is 11.3 Å². The van der Waals surface area contributed by atoms with Gasteiger partial charge in [0.25, 0.3) is 12.1 Å². The molecule has 6 heteroatoms.